The number of amides is 1. The van der Waals surface area contributed by atoms with Crippen molar-refractivity contribution in [3.63, 3.8) is 0 Å². The number of carbonyl (C=O) groups is 2. The highest BCUT2D eigenvalue weighted by atomic mass is 79.9. The lowest BCUT2D eigenvalue weighted by Gasteiger charge is -2.15. The summed E-state index contributed by atoms with van der Waals surface area (Å²) in [5, 5.41) is 13.2. The zero-order valence-corrected chi connectivity index (χ0v) is 22.3. The first-order chi connectivity index (χ1) is 17.1. The standard InChI is InChI=1S/C29H29BrN2O4/c1-17-19(3)32(16-21-6-5-7-25(14-21)36-20(4)29(34)35)27-13-10-23(15-26(17)27)28(33)31-18(2)22-8-11-24(30)12-9-22/h5-15,18,20H,16H2,1-4H3,(H,31,33)(H,34,35)/t18-,20?/m0/s1. The number of hydrogen-bond donors (Lipinski definition) is 2. The summed E-state index contributed by atoms with van der Waals surface area (Å²) in [6, 6.07) is 21.1. The Balaban J connectivity index is 1.57. The number of rotatable bonds is 8. The van der Waals surface area contributed by atoms with Gasteiger partial charge in [0, 0.05) is 33.2 Å². The Hall–Kier alpha value is -3.58. The van der Waals surface area contributed by atoms with E-state index in [2.05, 4.69) is 39.7 Å². The number of carboxylic acid groups (broad SMARTS) is 1. The van der Waals surface area contributed by atoms with E-state index >= 15 is 0 Å². The maximum atomic E-state index is 13.0. The van der Waals surface area contributed by atoms with E-state index in [1.165, 1.54) is 6.92 Å². The minimum Gasteiger partial charge on any atom is -0.479 e. The lowest BCUT2D eigenvalue weighted by molar-refractivity contribution is -0.144. The molecule has 0 aliphatic rings. The van der Waals surface area contributed by atoms with Gasteiger partial charge in [0.1, 0.15) is 5.75 Å². The second-order valence-electron chi connectivity index (χ2n) is 9.02. The number of carboxylic acids is 1. The molecule has 0 spiro atoms. The number of carbonyl (C=O) groups excluding carboxylic acids is 1. The van der Waals surface area contributed by atoms with Gasteiger partial charge >= 0.3 is 5.97 Å². The number of ether oxygens (including phenoxy) is 1. The molecule has 0 saturated heterocycles. The minimum absolute atomic E-state index is 0.116. The molecular formula is C29H29BrN2O4. The fraction of sp³-hybridized carbons (Fsp3) is 0.241. The van der Waals surface area contributed by atoms with Gasteiger partial charge in [-0.15, -0.1) is 0 Å². The molecule has 0 radical (unpaired) electrons. The zero-order valence-electron chi connectivity index (χ0n) is 20.7. The molecule has 1 heterocycles. The molecule has 4 aromatic rings. The average Bonchev–Trinajstić information content (AvgIpc) is 3.08. The van der Waals surface area contributed by atoms with Crippen LogP contribution < -0.4 is 10.1 Å². The van der Waals surface area contributed by atoms with Crippen LogP contribution >= 0.6 is 15.9 Å². The van der Waals surface area contributed by atoms with Crippen LogP contribution in [0.25, 0.3) is 10.9 Å². The lowest BCUT2D eigenvalue weighted by atomic mass is 10.1. The van der Waals surface area contributed by atoms with Gasteiger partial charge < -0.3 is 19.7 Å². The molecular weight excluding hydrogens is 520 g/mol. The van der Waals surface area contributed by atoms with Crippen LogP contribution in [0.15, 0.2) is 71.2 Å². The molecule has 1 aromatic heterocycles. The van der Waals surface area contributed by atoms with Crippen molar-refractivity contribution in [3.05, 3.63) is 99.2 Å². The summed E-state index contributed by atoms with van der Waals surface area (Å²) >= 11 is 3.44. The molecule has 3 aromatic carbocycles. The fourth-order valence-electron chi connectivity index (χ4n) is 4.26. The van der Waals surface area contributed by atoms with Gasteiger partial charge in [0.25, 0.3) is 5.91 Å². The van der Waals surface area contributed by atoms with E-state index in [9.17, 15) is 9.59 Å². The maximum Gasteiger partial charge on any atom is 0.344 e. The topological polar surface area (TPSA) is 80.6 Å². The van der Waals surface area contributed by atoms with Crippen molar-refractivity contribution in [2.75, 3.05) is 0 Å². The van der Waals surface area contributed by atoms with E-state index in [0.29, 0.717) is 17.9 Å². The summed E-state index contributed by atoms with van der Waals surface area (Å²) in [4.78, 5) is 24.2. The van der Waals surface area contributed by atoms with Crippen LogP contribution in [-0.4, -0.2) is 27.7 Å². The third-order valence-electron chi connectivity index (χ3n) is 6.52. The number of aliphatic carboxylic acids is 1. The molecule has 0 fully saturated rings. The average molecular weight is 549 g/mol. The van der Waals surface area contributed by atoms with Crippen LogP contribution in [0.1, 0.15) is 52.6 Å². The Kier molecular flexibility index (Phi) is 7.50. The number of aryl methyl sites for hydroxylation is 1. The summed E-state index contributed by atoms with van der Waals surface area (Å²) in [6.45, 7) is 8.21. The number of halogens is 1. The van der Waals surface area contributed by atoms with Crippen molar-refractivity contribution in [3.8, 4) is 5.75 Å². The van der Waals surface area contributed by atoms with Gasteiger partial charge in [-0.1, -0.05) is 40.2 Å². The molecule has 186 valence electrons. The summed E-state index contributed by atoms with van der Waals surface area (Å²) in [5.41, 5.74) is 5.91. The molecule has 7 heteroatoms. The molecule has 2 atom stereocenters. The lowest BCUT2D eigenvalue weighted by Crippen LogP contribution is -2.26. The minimum atomic E-state index is -1.01. The molecule has 4 rings (SSSR count). The molecule has 0 bridgehead atoms. The highest BCUT2D eigenvalue weighted by molar-refractivity contribution is 9.10. The van der Waals surface area contributed by atoms with Crippen molar-refractivity contribution in [1.82, 2.24) is 9.88 Å². The molecule has 1 unspecified atom stereocenters. The van der Waals surface area contributed by atoms with E-state index in [0.717, 1.165) is 37.8 Å². The second-order valence-corrected chi connectivity index (χ2v) is 9.94. The van der Waals surface area contributed by atoms with Gasteiger partial charge in [-0.2, -0.15) is 0 Å². The Morgan fingerprint density at radius 3 is 2.44 bits per heavy atom. The molecule has 36 heavy (non-hydrogen) atoms. The molecule has 0 aliphatic carbocycles. The van der Waals surface area contributed by atoms with E-state index in [1.807, 2.05) is 67.6 Å². The first-order valence-electron chi connectivity index (χ1n) is 11.8. The maximum absolute atomic E-state index is 13.0. The summed E-state index contributed by atoms with van der Waals surface area (Å²) in [6.07, 6.45) is -0.923. The predicted octanol–water partition coefficient (Wildman–Crippen LogP) is 6.41. The van der Waals surface area contributed by atoms with Gasteiger partial charge in [-0.25, -0.2) is 4.79 Å². The Labute approximate surface area is 219 Å². The Bertz CT molecular complexity index is 1430. The van der Waals surface area contributed by atoms with Gasteiger partial charge in [0.15, 0.2) is 6.10 Å². The monoisotopic (exact) mass is 548 g/mol. The highest BCUT2D eigenvalue weighted by Crippen LogP contribution is 2.28. The third kappa shape index (κ3) is 5.46. The molecule has 2 N–H and O–H groups in total. The van der Waals surface area contributed by atoms with Crippen molar-refractivity contribution in [2.24, 2.45) is 0 Å². The summed E-state index contributed by atoms with van der Waals surface area (Å²) < 4.78 is 8.74. The normalized spacial score (nSPS) is 12.8. The first-order valence-corrected chi connectivity index (χ1v) is 12.6. The molecule has 0 aliphatic heterocycles. The third-order valence-corrected chi connectivity index (χ3v) is 7.05. The Morgan fingerprint density at radius 2 is 1.75 bits per heavy atom. The van der Waals surface area contributed by atoms with E-state index in [1.54, 1.807) is 6.07 Å². The van der Waals surface area contributed by atoms with Gasteiger partial charge in [0.2, 0.25) is 0 Å². The number of aromatic nitrogens is 1. The van der Waals surface area contributed by atoms with Crippen LogP contribution in [0.2, 0.25) is 0 Å². The quantitative estimate of drug-likeness (QED) is 0.266. The van der Waals surface area contributed by atoms with Gasteiger partial charge in [0.05, 0.1) is 6.04 Å². The van der Waals surface area contributed by atoms with Crippen molar-refractivity contribution < 1.29 is 19.4 Å². The number of benzene rings is 3. The van der Waals surface area contributed by atoms with Crippen LogP contribution in [0.3, 0.4) is 0 Å². The highest BCUT2D eigenvalue weighted by Gasteiger charge is 2.17. The van der Waals surface area contributed by atoms with Gasteiger partial charge in [-0.05, 0) is 86.8 Å². The number of nitrogens with zero attached hydrogens (tertiary/aromatic N) is 1. The van der Waals surface area contributed by atoms with Crippen molar-refractivity contribution in [2.45, 2.75) is 46.4 Å². The zero-order chi connectivity index (χ0) is 26.0. The fourth-order valence-corrected chi connectivity index (χ4v) is 4.53. The largest absolute Gasteiger partial charge is 0.479 e. The van der Waals surface area contributed by atoms with Gasteiger partial charge in [-0.3, -0.25) is 4.79 Å². The summed E-state index contributed by atoms with van der Waals surface area (Å²) in [7, 11) is 0. The number of fused-ring (bicyclic) bond motifs is 1. The number of nitrogens with one attached hydrogen (secondary N) is 1. The van der Waals surface area contributed by atoms with Crippen LogP contribution in [0.4, 0.5) is 0 Å². The second kappa shape index (κ2) is 10.6. The van der Waals surface area contributed by atoms with E-state index in [-0.39, 0.29) is 11.9 Å². The van der Waals surface area contributed by atoms with E-state index in [4.69, 9.17) is 9.84 Å². The molecule has 6 nitrogen and oxygen atoms in total. The van der Waals surface area contributed by atoms with Crippen LogP contribution in [-0.2, 0) is 11.3 Å². The Morgan fingerprint density at radius 1 is 1.03 bits per heavy atom. The van der Waals surface area contributed by atoms with Crippen molar-refractivity contribution in [1.29, 1.82) is 0 Å². The van der Waals surface area contributed by atoms with Crippen molar-refractivity contribution >= 4 is 38.7 Å². The van der Waals surface area contributed by atoms with Crippen LogP contribution in [0.5, 0.6) is 5.75 Å². The van der Waals surface area contributed by atoms with E-state index < -0.39 is 12.1 Å². The SMILES string of the molecule is Cc1c(C)n(Cc2cccc(OC(C)C(=O)O)c2)c2ccc(C(=O)N[C@@H](C)c3ccc(Br)cc3)cc12. The number of hydrogen-bond acceptors (Lipinski definition) is 3. The molecule has 1 amide bonds. The smallest absolute Gasteiger partial charge is 0.344 e. The first kappa shape index (κ1) is 25.5. The van der Waals surface area contributed by atoms with Crippen LogP contribution in [0, 0.1) is 13.8 Å². The summed E-state index contributed by atoms with van der Waals surface area (Å²) in [5.74, 6) is -0.601. The predicted molar refractivity (Wildman–Crippen MR) is 145 cm³/mol. The molecule has 0 saturated carbocycles.